The summed E-state index contributed by atoms with van der Waals surface area (Å²) in [7, 11) is -3.18. The zero-order valence-electron chi connectivity index (χ0n) is 15.6. The van der Waals surface area contributed by atoms with Crippen LogP contribution in [0.2, 0.25) is 5.02 Å². The standard InChI is InChI=1S/C20H22ClN3O3S/c1-28(25,26)17-4-2-14(3-5-17)18-6-7-19(27-18)15-8-10-24(11-9-15)20-22-12-16(21)13-23-20/h2-6,12-13,15,19H,7-11H2,1H3/t19-/m1/s1. The van der Waals surface area contributed by atoms with Crippen LogP contribution in [-0.2, 0) is 14.6 Å². The van der Waals surface area contributed by atoms with Crippen LogP contribution in [0.5, 0.6) is 0 Å². The van der Waals surface area contributed by atoms with Crippen LogP contribution < -0.4 is 4.90 Å². The first-order valence-corrected chi connectivity index (χ1v) is 11.6. The number of sulfone groups is 1. The lowest BCUT2D eigenvalue weighted by atomic mass is 9.90. The largest absolute Gasteiger partial charge is 0.490 e. The molecule has 2 aliphatic heterocycles. The van der Waals surface area contributed by atoms with Crippen LogP contribution in [-0.4, -0.2) is 43.8 Å². The Balaban J connectivity index is 1.34. The summed E-state index contributed by atoms with van der Waals surface area (Å²) in [4.78, 5) is 11.1. The number of hydrogen-bond acceptors (Lipinski definition) is 6. The third kappa shape index (κ3) is 4.15. The highest BCUT2D eigenvalue weighted by atomic mass is 35.5. The summed E-state index contributed by atoms with van der Waals surface area (Å²) in [5.74, 6) is 2.04. The van der Waals surface area contributed by atoms with E-state index in [1.165, 1.54) is 6.26 Å². The Morgan fingerprint density at radius 2 is 1.75 bits per heavy atom. The van der Waals surface area contributed by atoms with E-state index in [2.05, 4.69) is 20.9 Å². The SMILES string of the molecule is CS(=O)(=O)c1ccc(C2=CC[C@H](C3CCN(c4ncc(Cl)cn4)CC3)O2)cc1. The molecule has 0 radical (unpaired) electrons. The van der Waals surface area contributed by atoms with Gasteiger partial charge in [0.2, 0.25) is 5.95 Å². The van der Waals surface area contributed by atoms with Gasteiger partial charge in [-0.2, -0.15) is 0 Å². The van der Waals surface area contributed by atoms with Crippen LogP contribution >= 0.6 is 11.6 Å². The minimum Gasteiger partial charge on any atom is -0.490 e. The molecule has 28 heavy (non-hydrogen) atoms. The molecule has 1 aromatic carbocycles. The normalized spacial score (nSPS) is 20.7. The predicted molar refractivity (Wildman–Crippen MR) is 109 cm³/mol. The molecule has 0 saturated carbocycles. The van der Waals surface area contributed by atoms with Crippen LogP contribution in [0.15, 0.2) is 47.6 Å². The van der Waals surface area contributed by atoms with Crippen molar-refractivity contribution in [1.82, 2.24) is 9.97 Å². The van der Waals surface area contributed by atoms with Gasteiger partial charge in [0.05, 0.1) is 22.3 Å². The van der Waals surface area contributed by atoms with E-state index in [-0.39, 0.29) is 6.10 Å². The second-order valence-corrected chi connectivity index (χ2v) is 9.73. The van der Waals surface area contributed by atoms with Gasteiger partial charge in [-0.05, 0) is 49.1 Å². The molecule has 2 aromatic rings. The molecule has 1 atom stereocenters. The van der Waals surface area contributed by atoms with Crippen molar-refractivity contribution in [3.63, 3.8) is 0 Å². The molecule has 2 aliphatic rings. The number of piperidine rings is 1. The Morgan fingerprint density at radius 3 is 2.36 bits per heavy atom. The van der Waals surface area contributed by atoms with Gasteiger partial charge in [0.15, 0.2) is 9.84 Å². The summed E-state index contributed by atoms with van der Waals surface area (Å²) >= 11 is 5.86. The molecule has 0 spiro atoms. The average Bonchev–Trinajstić information content (AvgIpc) is 3.18. The zero-order chi connectivity index (χ0) is 19.7. The summed E-state index contributed by atoms with van der Waals surface area (Å²) in [6.45, 7) is 1.79. The molecule has 148 valence electrons. The summed E-state index contributed by atoms with van der Waals surface area (Å²) < 4.78 is 29.4. The lowest BCUT2D eigenvalue weighted by Gasteiger charge is -2.34. The first-order chi connectivity index (χ1) is 13.4. The van der Waals surface area contributed by atoms with E-state index in [9.17, 15) is 8.42 Å². The quantitative estimate of drug-likeness (QED) is 0.754. The lowest BCUT2D eigenvalue weighted by molar-refractivity contribution is 0.108. The van der Waals surface area contributed by atoms with E-state index < -0.39 is 9.84 Å². The fourth-order valence-electron chi connectivity index (χ4n) is 3.76. The summed E-state index contributed by atoms with van der Waals surface area (Å²) in [6, 6.07) is 6.88. The Bertz CT molecular complexity index is 967. The number of hydrogen-bond donors (Lipinski definition) is 0. The molecule has 4 rings (SSSR count). The third-order valence-electron chi connectivity index (χ3n) is 5.34. The molecule has 8 heteroatoms. The van der Waals surface area contributed by atoms with Gasteiger partial charge in [-0.3, -0.25) is 0 Å². The number of rotatable bonds is 4. The summed E-state index contributed by atoms with van der Waals surface area (Å²) in [6.07, 6.45) is 9.65. The van der Waals surface area contributed by atoms with E-state index in [0.717, 1.165) is 49.6 Å². The van der Waals surface area contributed by atoms with Crippen molar-refractivity contribution in [2.45, 2.75) is 30.3 Å². The number of ether oxygens (including phenoxy) is 1. The number of anilines is 1. The van der Waals surface area contributed by atoms with Crippen LogP contribution in [0.1, 0.15) is 24.8 Å². The monoisotopic (exact) mass is 419 g/mol. The molecule has 1 fully saturated rings. The highest BCUT2D eigenvalue weighted by Crippen LogP contribution is 2.35. The Labute approximate surface area is 170 Å². The second kappa shape index (κ2) is 7.72. The molecule has 3 heterocycles. The van der Waals surface area contributed by atoms with E-state index in [1.807, 2.05) is 12.1 Å². The van der Waals surface area contributed by atoms with Gasteiger partial charge in [-0.1, -0.05) is 11.6 Å². The number of nitrogens with zero attached hydrogens (tertiary/aromatic N) is 3. The van der Waals surface area contributed by atoms with Crippen molar-refractivity contribution in [3.05, 3.63) is 53.3 Å². The van der Waals surface area contributed by atoms with Gasteiger partial charge in [0, 0.05) is 31.3 Å². The van der Waals surface area contributed by atoms with Gasteiger partial charge in [0.25, 0.3) is 0 Å². The van der Waals surface area contributed by atoms with Crippen molar-refractivity contribution < 1.29 is 13.2 Å². The van der Waals surface area contributed by atoms with Crippen molar-refractivity contribution in [2.24, 2.45) is 5.92 Å². The van der Waals surface area contributed by atoms with Crippen LogP contribution in [0.3, 0.4) is 0 Å². The molecular weight excluding hydrogens is 398 g/mol. The molecule has 0 aliphatic carbocycles. The van der Waals surface area contributed by atoms with Crippen molar-refractivity contribution in [3.8, 4) is 0 Å². The highest BCUT2D eigenvalue weighted by molar-refractivity contribution is 7.90. The molecule has 0 unspecified atom stereocenters. The zero-order valence-corrected chi connectivity index (χ0v) is 17.2. The third-order valence-corrected chi connectivity index (χ3v) is 6.66. The van der Waals surface area contributed by atoms with Gasteiger partial charge >= 0.3 is 0 Å². The fraction of sp³-hybridized carbons (Fsp3) is 0.400. The molecule has 1 saturated heterocycles. The van der Waals surface area contributed by atoms with Crippen LogP contribution in [0.4, 0.5) is 5.95 Å². The van der Waals surface area contributed by atoms with Crippen LogP contribution in [0.25, 0.3) is 5.76 Å². The van der Waals surface area contributed by atoms with Crippen LogP contribution in [0, 0.1) is 5.92 Å². The number of benzene rings is 1. The molecule has 1 aromatic heterocycles. The van der Waals surface area contributed by atoms with E-state index in [1.54, 1.807) is 24.5 Å². The number of halogens is 1. The van der Waals surface area contributed by atoms with Gasteiger partial charge in [-0.25, -0.2) is 18.4 Å². The maximum Gasteiger partial charge on any atom is 0.225 e. The molecule has 6 nitrogen and oxygen atoms in total. The highest BCUT2D eigenvalue weighted by Gasteiger charge is 2.31. The molecule has 0 amide bonds. The minimum absolute atomic E-state index is 0.165. The maximum absolute atomic E-state index is 11.6. The molecular formula is C20H22ClN3O3S. The van der Waals surface area contributed by atoms with Gasteiger partial charge in [-0.15, -0.1) is 0 Å². The fourth-order valence-corrected chi connectivity index (χ4v) is 4.49. The topological polar surface area (TPSA) is 72.4 Å². The molecule has 0 bridgehead atoms. The first kappa shape index (κ1) is 19.2. The predicted octanol–water partition coefficient (Wildman–Crippen LogP) is 3.58. The minimum atomic E-state index is -3.18. The van der Waals surface area contributed by atoms with Crippen molar-refractivity contribution in [1.29, 1.82) is 0 Å². The first-order valence-electron chi connectivity index (χ1n) is 9.30. The van der Waals surface area contributed by atoms with Gasteiger partial charge < -0.3 is 9.64 Å². The van der Waals surface area contributed by atoms with E-state index in [4.69, 9.17) is 16.3 Å². The lowest BCUT2D eigenvalue weighted by Crippen LogP contribution is -2.38. The van der Waals surface area contributed by atoms with Crippen molar-refractivity contribution in [2.75, 3.05) is 24.2 Å². The average molecular weight is 420 g/mol. The van der Waals surface area contributed by atoms with Gasteiger partial charge in [0.1, 0.15) is 11.9 Å². The number of aromatic nitrogens is 2. The van der Waals surface area contributed by atoms with E-state index >= 15 is 0 Å². The summed E-state index contributed by atoms with van der Waals surface area (Å²) in [5, 5.41) is 0.543. The van der Waals surface area contributed by atoms with E-state index in [0.29, 0.717) is 15.8 Å². The second-order valence-electron chi connectivity index (χ2n) is 7.28. The Hall–Kier alpha value is -2.12. The van der Waals surface area contributed by atoms with Crippen molar-refractivity contribution >= 4 is 33.1 Å². The maximum atomic E-state index is 11.6. The smallest absolute Gasteiger partial charge is 0.225 e. The summed E-state index contributed by atoms with van der Waals surface area (Å²) in [5.41, 5.74) is 0.918. The molecule has 0 N–H and O–H groups in total. The Kier molecular flexibility index (Phi) is 5.29. The Morgan fingerprint density at radius 1 is 1.11 bits per heavy atom.